The van der Waals surface area contributed by atoms with Crippen LogP contribution in [0.5, 0.6) is 11.5 Å². The maximum absolute atomic E-state index is 6.03. The highest BCUT2D eigenvalue weighted by atomic mass is 16.6. The third-order valence-corrected chi connectivity index (χ3v) is 5.91. The molecule has 2 fully saturated rings. The second kappa shape index (κ2) is 8.00. The molecule has 0 bridgehead atoms. The van der Waals surface area contributed by atoms with Crippen LogP contribution in [0.3, 0.4) is 0 Å². The Morgan fingerprint density at radius 3 is 1.24 bits per heavy atom. The number of rotatable bonds is 8. The lowest BCUT2D eigenvalue weighted by Crippen LogP contribution is -2.09. The second-order valence-corrected chi connectivity index (χ2v) is 8.68. The van der Waals surface area contributed by atoms with Crippen LogP contribution >= 0.6 is 0 Å². The molecule has 0 amide bonds. The van der Waals surface area contributed by atoms with Crippen LogP contribution in [0.1, 0.15) is 47.2 Å². The molecule has 4 heteroatoms. The van der Waals surface area contributed by atoms with Gasteiger partial charge in [-0.25, -0.2) is 0 Å². The van der Waals surface area contributed by atoms with Crippen molar-refractivity contribution in [1.82, 2.24) is 0 Å². The third-order valence-electron chi connectivity index (χ3n) is 5.91. The first-order valence-electron chi connectivity index (χ1n) is 10.6. The summed E-state index contributed by atoms with van der Waals surface area (Å²) in [5, 5.41) is 0. The van der Waals surface area contributed by atoms with Crippen LogP contribution in [0.15, 0.2) is 24.3 Å². The van der Waals surface area contributed by atoms with Gasteiger partial charge in [0.25, 0.3) is 0 Å². The Bertz CT molecular complexity index is 784. The van der Waals surface area contributed by atoms with Gasteiger partial charge >= 0.3 is 0 Å². The summed E-state index contributed by atoms with van der Waals surface area (Å²) in [4.78, 5) is 0. The molecule has 0 aromatic heterocycles. The van der Waals surface area contributed by atoms with Gasteiger partial charge in [0, 0.05) is 0 Å². The van der Waals surface area contributed by atoms with Crippen LogP contribution in [-0.2, 0) is 15.9 Å². The van der Waals surface area contributed by atoms with Crippen molar-refractivity contribution in [3.05, 3.63) is 57.6 Å². The molecule has 2 aromatic rings. The standard InChI is InChI=1S/C25H32O4/c1-14-7-20(8-15(2)24(14)26-12-22-18(5)28-22)11-21-9-16(3)25(17(4)10-21)27-13-23-19(6)29-23/h7-10,18-19,22-23H,11-13H2,1-6H3. The minimum atomic E-state index is 0.245. The highest BCUT2D eigenvalue weighted by Gasteiger charge is 2.35. The molecular weight excluding hydrogens is 364 g/mol. The van der Waals surface area contributed by atoms with E-state index in [1.165, 1.54) is 33.4 Å². The largest absolute Gasteiger partial charge is 0.490 e. The first-order valence-corrected chi connectivity index (χ1v) is 10.6. The molecule has 0 spiro atoms. The molecule has 4 nitrogen and oxygen atoms in total. The average molecular weight is 397 g/mol. The Morgan fingerprint density at radius 1 is 0.655 bits per heavy atom. The van der Waals surface area contributed by atoms with Crippen LogP contribution in [0.4, 0.5) is 0 Å². The van der Waals surface area contributed by atoms with Crippen molar-refractivity contribution in [3.8, 4) is 11.5 Å². The fourth-order valence-corrected chi connectivity index (χ4v) is 4.12. The zero-order chi connectivity index (χ0) is 20.7. The number of ether oxygens (including phenoxy) is 4. The summed E-state index contributed by atoms with van der Waals surface area (Å²) in [7, 11) is 0. The van der Waals surface area contributed by atoms with Crippen molar-refractivity contribution in [3.63, 3.8) is 0 Å². The fourth-order valence-electron chi connectivity index (χ4n) is 4.12. The normalized spacial score (nSPS) is 25.0. The second-order valence-electron chi connectivity index (χ2n) is 8.68. The van der Waals surface area contributed by atoms with Crippen LogP contribution in [0, 0.1) is 27.7 Å². The average Bonchev–Trinajstić information content (AvgIpc) is 3.52. The van der Waals surface area contributed by atoms with Crippen molar-refractivity contribution >= 4 is 0 Å². The maximum Gasteiger partial charge on any atom is 0.125 e. The van der Waals surface area contributed by atoms with Crippen LogP contribution in [0.2, 0.25) is 0 Å². The van der Waals surface area contributed by atoms with Crippen molar-refractivity contribution < 1.29 is 18.9 Å². The highest BCUT2D eigenvalue weighted by molar-refractivity contribution is 5.47. The molecule has 156 valence electrons. The zero-order valence-electron chi connectivity index (χ0n) is 18.4. The summed E-state index contributed by atoms with van der Waals surface area (Å²) in [6.45, 7) is 13.9. The summed E-state index contributed by atoms with van der Waals surface area (Å²) in [6, 6.07) is 8.95. The molecule has 2 aromatic carbocycles. The molecule has 4 atom stereocenters. The summed E-state index contributed by atoms with van der Waals surface area (Å²) < 4.78 is 23.0. The number of benzene rings is 2. The van der Waals surface area contributed by atoms with E-state index in [2.05, 4.69) is 65.8 Å². The quantitative estimate of drug-likeness (QED) is 0.599. The topological polar surface area (TPSA) is 43.5 Å². The van der Waals surface area contributed by atoms with E-state index in [1.807, 2.05) is 0 Å². The van der Waals surface area contributed by atoms with Gasteiger partial charge in [-0.3, -0.25) is 0 Å². The van der Waals surface area contributed by atoms with E-state index >= 15 is 0 Å². The molecule has 4 unspecified atom stereocenters. The van der Waals surface area contributed by atoms with Gasteiger partial charge in [0.1, 0.15) is 36.9 Å². The number of hydrogen-bond donors (Lipinski definition) is 0. The summed E-state index contributed by atoms with van der Waals surface area (Å²) in [5.41, 5.74) is 7.33. The number of hydrogen-bond acceptors (Lipinski definition) is 4. The Morgan fingerprint density at radius 2 is 0.966 bits per heavy atom. The van der Waals surface area contributed by atoms with Gasteiger partial charge < -0.3 is 18.9 Å². The minimum absolute atomic E-state index is 0.245. The molecule has 0 aliphatic carbocycles. The van der Waals surface area contributed by atoms with Crippen LogP contribution in [0.25, 0.3) is 0 Å². The van der Waals surface area contributed by atoms with Gasteiger partial charge in [-0.05, 0) is 81.3 Å². The van der Waals surface area contributed by atoms with Gasteiger partial charge in [-0.15, -0.1) is 0 Å². The van der Waals surface area contributed by atoms with E-state index in [4.69, 9.17) is 18.9 Å². The van der Waals surface area contributed by atoms with E-state index < -0.39 is 0 Å². The zero-order valence-corrected chi connectivity index (χ0v) is 18.4. The third kappa shape index (κ3) is 4.76. The first-order chi connectivity index (χ1) is 13.8. The van der Waals surface area contributed by atoms with E-state index in [0.29, 0.717) is 25.4 Å². The Kier molecular flexibility index (Phi) is 5.58. The van der Waals surface area contributed by atoms with E-state index in [1.54, 1.807) is 0 Å². The minimum Gasteiger partial charge on any atom is -0.490 e. The smallest absolute Gasteiger partial charge is 0.125 e. The first kappa shape index (κ1) is 20.2. The lowest BCUT2D eigenvalue weighted by atomic mass is 9.97. The summed E-state index contributed by atoms with van der Waals surface area (Å²) in [6.07, 6.45) is 2.04. The Balaban J connectivity index is 1.44. The highest BCUT2D eigenvalue weighted by Crippen LogP contribution is 2.31. The lowest BCUT2D eigenvalue weighted by molar-refractivity contribution is 0.258. The summed E-state index contributed by atoms with van der Waals surface area (Å²) >= 11 is 0. The number of epoxide rings is 2. The Labute approximate surface area is 174 Å². The molecule has 29 heavy (non-hydrogen) atoms. The molecule has 2 aliphatic heterocycles. The van der Waals surface area contributed by atoms with Gasteiger partial charge in [0.2, 0.25) is 0 Å². The molecule has 0 N–H and O–H groups in total. The van der Waals surface area contributed by atoms with E-state index in [9.17, 15) is 0 Å². The predicted molar refractivity (Wildman–Crippen MR) is 114 cm³/mol. The lowest BCUT2D eigenvalue weighted by Gasteiger charge is -2.16. The van der Waals surface area contributed by atoms with Crippen molar-refractivity contribution in [2.75, 3.05) is 13.2 Å². The van der Waals surface area contributed by atoms with Gasteiger partial charge in [-0.2, -0.15) is 0 Å². The molecule has 2 aliphatic rings. The van der Waals surface area contributed by atoms with Gasteiger partial charge in [0.05, 0.1) is 12.2 Å². The molecular formula is C25H32O4. The number of aryl methyl sites for hydroxylation is 4. The summed E-state index contributed by atoms with van der Waals surface area (Å²) in [5.74, 6) is 1.98. The Hall–Kier alpha value is -2.04. The van der Waals surface area contributed by atoms with E-state index in [0.717, 1.165) is 17.9 Å². The molecule has 0 radical (unpaired) electrons. The van der Waals surface area contributed by atoms with Crippen molar-refractivity contribution in [2.24, 2.45) is 0 Å². The predicted octanol–water partition coefficient (Wildman–Crippen LogP) is 4.84. The van der Waals surface area contributed by atoms with Crippen LogP contribution in [-0.4, -0.2) is 37.6 Å². The molecule has 2 saturated heterocycles. The SMILES string of the molecule is Cc1cc(Cc2cc(C)c(OCC3OC3C)c(C)c2)cc(C)c1OCC1OC1C. The van der Waals surface area contributed by atoms with Crippen molar-refractivity contribution in [2.45, 2.75) is 72.4 Å². The fraction of sp³-hybridized carbons (Fsp3) is 0.520. The molecule has 0 saturated carbocycles. The van der Waals surface area contributed by atoms with Gasteiger partial charge in [0.15, 0.2) is 0 Å². The maximum atomic E-state index is 6.03. The monoisotopic (exact) mass is 396 g/mol. The van der Waals surface area contributed by atoms with Crippen LogP contribution < -0.4 is 9.47 Å². The molecule has 2 heterocycles. The van der Waals surface area contributed by atoms with Gasteiger partial charge in [-0.1, -0.05) is 24.3 Å². The van der Waals surface area contributed by atoms with E-state index in [-0.39, 0.29) is 12.2 Å². The molecule has 4 rings (SSSR count). The van der Waals surface area contributed by atoms with Crippen molar-refractivity contribution in [1.29, 1.82) is 0 Å².